The maximum absolute atomic E-state index is 13.1. The van der Waals surface area contributed by atoms with Gasteiger partial charge in [0.1, 0.15) is 0 Å². The van der Waals surface area contributed by atoms with Crippen LogP contribution in [0.4, 0.5) is 11.4 Å². The molecular weight excluding hydrogens is 378 g/mol. The summed E-state index contributed by atoms with van der Waals surface area (Å²) in [5.74, 6) is -0.402. The van der Waals surface area contributed by atoms with Gasteiger partial charge in [0.25, 0.3) is 15.9 Å². The summed E-state index contributed by atoms with van der Waals surface area (Å²) in [5.41, 5.74) is 2.22. The van der Waals surface area contributed by atoms with Crippen LogP contribution in [-0.2, 0) is 23.5 Å². The first-order valence-corrected chi connectivity index (χ1v) is 10.3. The van der Waals surface area contributed by atoms with E-state index in [-0.39, 0.29) is 10.6 Å². The molecule has 0 aliphatic carbocycles. The van der Waals surface area contributed by atoms with E-state index >= 15 is 0 Å². The molecule has 0 saturated heterocycles. The minimum Gasteiger partial charge on any atom is -0.320 e. The third-order valence-corrected chi connectivity index (χ3v) is 6.41. The molecule has 28 heavy (non-hydrogen) atoms. The Morgan fingerprint density at radius 1 is 1.14 bits per heavy atom. The number of amides is 1. The lowest BCUT2D eigenvalue weighted by molar-refractivity contribution is 0.102. The molecule has 0 atom stereocenters. The highest BCUT2D eigenvalue weighted by Crippen LogP contribution is 2.34. The molecule has 1 aromatic heterocycles. The highest BCUT2D eigenvalue weighted by molar-refractivity contribution is 7.92. The van der Waals surface area contributed by atoms with Gasteiger partial charge in [-0.2, -0.15) is 0 Å². The molecular formula is C19H19N5O3S. The number of fused-ring (bicyclic) bond motifs is 1. The van der Waals surface area contributed by atoms with E-state index in [1.165, 1.54) is 15.2 Å². The second-order valence-corrected chi connectivity index (χ2v) is 8.43. The minimum atomic E-state index is -3.67. The summed E-state index contributed by atoms with van der Waals surface area (Å²) in [7, 11) is -2.00. The molecule has 0 spiro atoms. The van der Waals surface area contributed by atoms with Crippen LogP contribution in [-0.4, -0.2) is 35.9 Å². The molecule has 1 aliphatic heterocycles. The zero-order chi connectivity index (χ0) is 19.7. The zero-order valence-corrected chi connectivity index (χ0v) is 16.1. The predicted octanol–water partition coefficient (Wildman–Crippen LogP) is 2.21. The Labute approximate surface area is 162 Å². The third kappa shape index (κ3) is 3.36. The number of benzene rings is 2. The Morgan fingerprint density at radius 3 is 2.64 bits per heavy atom. The van der Waals surface area contributed by atoms with Crippen LogP contribution in [0.2, 0.25) is 0 Å². The highest BCUT2D eigenvalue weighted by Gasteiger charge is 2.29. The maximum Gasteiger partial charge on any atom is 0.277 e. The van der Waals surface area contributed by atoms with E-state index in [0.717, 1.165) is 18.4 Å². The molecule has 4 rings (SSSR count). The predicted molar refractivity (Wildman–Crippen MR) is 105 cm³/mol. The molecule has 8 nitrogen and oxygen atoms in total. The first-order valence-electron chi connectivity index (χ1n) is 8.83. The first-order chi connectivity index (χ1) is 13.4. The van der Waals surface area contributed by atoms with Crippen LogP contribution in [0.5, 0.6) is 0 Å². The summed E-state index contributed by atoms with van der Waals surface area (Å²) in [6.07, 6.45) is 3.04. The normalized spacial score (nSPS) is 13.8. The number of aromatic nitrogens is 3. The van der Waals surface area contributed by atoms with Crippen LogP contribution >= 0.6 is 0 Å². The maximum atomic E-state index is 13.1. The van der Waals surface area contributed by atoms with Crippen molar-refractivity contribution in [1.29, 1.82) is 0 Å². The molecule has 2 aromatic carbocycles. The van der Waals surface area contributed by atoms with Crippen molar-refractivity contribution in [3.63, 3.8) is 0 Å². The number of carbonyl (C=O) groups is 1. The number of nitrogens with zero attached hydrogens (tertiary/aromatic N) is 4. The van der Waals surface area contributed by atoms with Crippen LogP contribution in [0.1, 0.15) is 22.5 Å². The van der Waals surface area contributed by atoms with E-state index in [1.54, 1.807) is 49.5 Å². The van der Waals surface area contributed by atoms with E-state index in [1.807, 2.05) is 6.07 Å². The summed E-state index contributed by atoms with van der Waals surface area (Å²) in [6, 6.07) is 13.7. The summed E-state index contributed by atoms with van der Waals surface area (Å²) in [4.78, 5) is 12.6. The summed E-state index contributed by atoms with van der Waals surface area (Å²) in [5, 5.41) is 10.3. The smallest absolute Gasteiger partial charge is 0.277 e. The van der Waals surface area contributed by atoms with Crippen LogP contribution < -0.4 is 9.62 Å². The van der Waals surface area contributed by atoms with Crippen molar-refractivity contribution in [2.24, 2.45) is 7.05 Å². The lowest BCUT2D eigenvalue weighted by atomic mass is 10.0. The van der Waals surface area contributed by atoms with Gasteiger partial charge >= 0.3 is 0 Å². The monoisotopic (exact) mass is 397 g/mol. The number of carbonyl (C=O) groups excluding carboxylic acids is 1. The topological polar surface area (TPSA) is 97.2 Å². The van der Waals surface area contributed by atoms with E-state index in [2.05, 4.69) is 15.6 Å². The fourth-order valence-electron chi connectivity index (χ4n) is 3.23. The van der Waals surface area contributed by atoms with Crippen LogP contribution in [0.25, 0.3) is 0 Å². The quantitative estimate of drug-likeness (QED) is 0.728. The fourth-order valence-corrected chi connectivity index (χ4v) is 4.79. The Morgan fingerprint density at radius 2 is 1.93 bits per heavy atom. The second-order valence-electron chi connectivity index (χ2n) is 6.57. The number of aryl methyl sites for hydroxylation is 2. The molecule has 9 heteroatoms. The molecule has 1 amide bonds. The SMILES string of the molecule is Cn1cc(C(=O)Nc2ccc3c(c2)N(S(=O)(=O)c2ccccc2)CCC3)nn1. The first kappa shape index (κ1) is 18.2. The molecule has 0 saturated carbocycles. The van der Waals surface area contributed by atoms with Crippen LogP contribution in [0.15, 0.2) is 59.6 Å². The molecule has 0 unspecified atom stereocenters. The third-order valence-electron chi connectivity index (χ3n) is 4.59. The number of nitrogens with one attached hydrogen (secondary N) is 1. The van der Waals surface area contributed by atoms with Gasteiger partial charge in [0.05, 0.1) is 16.8 Å². The van der Waals surface area contributed by atoms with Gasteiger partial charge in [-0.25, -0.2) is 8.42 Å². The fraction of sp³-hybridized carbons (Fsp3) is 0.211. The number of hydrogen-bond acceptors (Lipinski definition) is 5. The van der Waals surface area contributed by atoms with Gasteiger partial charge in [0.15, 0.2) is 5.69 Å². The standard InChI is InChI=1S/C19H19N5O3S/c1-23-13-17(21-22-23)19(25)20-15-10-9-14-6-5-11-24(18(14)12-15)28(26,27)16-7-3-2-4-8-16/h2-4,7-10,12-13H,5-6,11H2,1H3,(H,20,25). The Kier molecular flexibility index (Phi) is 4.60. The summed E-state index contributed by atoms with van der Waals surface area (Å²) >= 11 is 0. The Hall–Kier alpha value is -3.20. The molecule has 144 valence electrons. The summed E-state index contributed by atoms with van der Waals surface area (Å²) in [6.45, 7) is 0.395. The minimum absolute atomic E-state index is 0.189. The lowest BCUT2D eigenvalue weighted by Crippen LogP contribution is -2.35. The van der Waals surface area contributed by atoms with Crippen molar-refractivity contribution in [2.45, 2.75) is 17.7 Å². The Bertz CT molecular complexity index is 1130. The molecule has 3 aromatic rings. The van der Waals surface area contributed by atoms with E-state index in [0.29, 0.717) is 17.9 Å². The Balaban J connectivity index is 1.67. The van der Waals surface area contributed by atoms with Gasteiger partial charge in [-0.15, -0.1) is 5.10 Å². The van der Waals surface area contributed by atoms with Crippen LogP contribution in [0, 0.1) is 0 Å². The van der Waals surface area contributed by atoms with Gasteiger partial charge in [0, 0.05) is 19.3 Å². The molecule has 1 N–H and O–H groups in total. The summed E-state index contributed by atoms with van der Waals surface area (Å²) < 4.78 is 29.1. The van der Waals surface area contributed by atoms with Gasteiger partial charge in [0.2, 0.25) is 0 Å². The highest BCUT2D eigenvalue weighted by atomic mass is 32.2. The number of rotatable bonds is 4. The molecule has 1 aliphatic rings. The number of hydrogen-bond donors (Lipinski definition) is 1. The molecule has 2 heterocycles. The molecule has 0 radical (unpaired) electrons. The second kappa shape index (κ2) is 7.08. The molecule has 0 bridgehead atoms. The van der Waals surface area contributed by atoms with Crippen molar-refractivity contribution in [1.82, 2.24) is 15.0 Å². The largest absolute Gasteiger partial charge is 0.320 e. The zero-order valence-electron chi connectivity index (χ0n) is 15.2. The van der Waals surface area contributed by atoms with Crippen molar-refractivity contribution < 1.29 is 13.2 Å². The van der Waals surface area contributed by atoms with Crippen molar-refractivity contribution in [3.05, 3.63) is 66.0 Å². The lowest BCUT2D eigenvalue weighted by Gasteiger charge is -2.31. The van der Waals surface area contributed by atoms with Gasteiger partial charge in [-0.05, 0) is 42.7 Å². The van der Waals surface area contributed by atoms with E-state index in [4.69, 9.17) is 0 Å². The number of sulfonamides is 1. The van der Waals surface area contributed by atoms with Crippen molar-refractivity contribution in [3.8, 4) is 0 Å². The molecule has 0 fully saturated rings. The average Bonchev–Trinajstić information content (AvgIpc) is 3.14. The van der Waals surface area contributed by atoms with E-state index in [9.17, 15) is 13.2 Å². The van der Waals surface area contributed by atoms with Gasteiger partial charge in [-0.1, -0.05) is 29.5 Å². The number of anilines is 2. The van der Waals surface area contributed by atoms with Crippen molar-refractivity contribution in [2.75, 3.05) is 16.2 Å². The average molecular weight is 397 g/mol. The van der Waals surface area contributed by atoms with Gasteiger partial charge < -0.3 is 5.32 Å². The van der Waals surface area contributed by atoms with E-state index < -0.39 is 15.9 Å². The van der Waals surface area contributed by atoms with Gasteiger partial charge in [-0.3, -0.25) is 13.8 Å². The van der Waals surface area contributed by atoms with Crippen LogP contribution in [0.3, 0.4) is 0 Å². The van der Waals surface area contributed by atoms with Crippen molar-refractivity contribution >= 4 is 27.3 Å².